The number of aromatic nitrogens is 3. The molecule has 112 valence electrons. The van der Waals surface area contributed by atoms with Gasteiger partial charge in [-0.05, 0) is 29.8 Å². The molecule has 4 aromatic rings. The summed E-state index contributed by atoms with van der Waals surface area (Å²) in [5, 5.41) is 5.86. The van der Waals surface area contributed by atoms with Crippen LogP contribution in [0.1, 0.15) is 0 Å². The molecule has 5 heteroatoms. The highest BCUT2D eigenvalue weighted by atomic mass is 35.5. The Kier molecular flexibility index (Phi) is 3.52. The van der Waals surface area contributed by atoms with Crippen molar-refractivity contribution in [3.05, 3.63) is 77.0 Å². The van der Waals surface area contributed by atoms with Gasteiger partial charge < -0.3 is 0 Å². The Hall–Kier alpha value is -2.36. The Balaban J connectivity index is 1.96. The lowest BCUT2D eigenvalue weighted by Crippen LogP contribution is -1.96. The van der Waals surface area contributed by atoms with Crippen molar-refractivity contribution in [2.75, 3.05) is 0 Å². The van der Waals surface area contributed by atoms with Gasteiger partial charge in [0.2, 0.25) is 0 Å². The molecule has 2 aromatic heterocycles. The molecular weight excluding hydrogens is 329 g/mol. The maximum atomic E-state index is 6.32. The number of hydrogen-bond donors (Lipinski definition) is 0. The molecule has 0 bridgehead atoms. The van der Waals surface area contributed by atoms with Crippen LogP contribution in [-0.2, 0) is 0 Å². The number of benzene rings is 2. The highest BCUT2D eigenvalue weighted by Gasteiger charge is 2.13. The second-order valence-corrected chi connectivity index (χ2v) is 5.96. The fourth-order valence-electron chi connectivity index (χ4n) is 2.62. The largest absolute Gasteiger partial charge is 0.236 e. The van der Waals surface area contributed by atoms with Crippen LogP contribution in [0, 0.1) is 0 Å². The zero-order valence-electron chi connectivity index (χ0n) is 11.9. The molecule has 0 atom stereocenters. The molecule has 2 aromatic carbocycles. The molecule has 0 N–H and O–H groups in total. The third-order valence-corrected chi connectivity index (χ3v) is 4.25. The van der Waals surface area contributed by atoms with Crippen LogP contribution < -0.4 is 0 Å². The minimum Gasteiger partial charge on any atom is -0.236 e. The van der Waals surface area contributed by atoms with Crippen LogP contribution in [-0.4, -0.2) is 14.6 Å². The minimum atomic E-state index is 0.680. The third-order valence-electron chi connectivity index (χ3n) is 3.69. The van der Waals surface area contributed by atoms with Gasteiger partial charge in [-0.2, -0.15) is 5.10 Å². The van der Waals surface area contributed by atoms with Crippen LogP contribution in [0.5, 0.6) is 0 Å². The first-order valence-electron chi connectivity index (χ1n) is 7.07. The van der Waals surface area contributed by atoms with Crippen molar-refractivity contribution < 1.29 is 0 Å². The van der Waals surface area contributed by atoms with Gasteiger partial charge in [0.15, 0.2) is 5.65 Å². The Bertz CT molecular complexity index is 1010. The van der Waals surface area contributed by atoms with Gasteiger partial charge in [0, 0.05) is 27.4 Å². The summed E-state index contributed by atoms with van der Waals surface area (Å²) >= 11 is 12.4. The first kappa shape index (κ1) is 14.2. The van der Waals surface area contributed by atoms with Crippen LogP contribution in [0.3, 0.4) is 0 Å². The molecule has 0 aliphatic rings. The van der Waals surface area contributed by atoms with E-state index >= 15 is 0 Å². The van der Waals surface area contributed by atoms with Crippen molar-refractivity contribution in [3.63, 3.8) is 0 Å². The predicted molar refractivity (Wildman–Crippen MR) is 93.9 cm³/mol. The molecule has 0 saturated heterocycles. The fourth-order valence-corrected chi connectivity index (χ4v) is 3.05. The topological polar surface area (TPSA) is 30.2 Å². The fraction of sp³-hybridized carbons (Fsp3) is 0. The molecular formula is C18H11Cl2N3. The maximum Gasteiger partial charge on any atom is 0.163 e. The maximum absolute atomic E-state index is 6.32. The number of rotatable bonds is 2. The van der Waals surface area contributed by atoms with E-state index in [-0.39, 0.29) is 0 Å². The van der Waals surface area contributed by atoms with Crippen molar-refractivity contribution in [2.24, 2.45) is 0 Å². The zero-order valence-corrected chi connectivity index (χ0v) is 13.5. The van der Waals surface area contributed by atoms with E-state index in [2.05, 4.69) is 10.1 Å². The molecule has 0 unspecified atom stereocenters. The van der Waals surface area contributed by atoms with Gasteiger partial charge in [-0.1, -0.05) is 53.5 Å². The molecule has 0 radical (unpaired) electrons. The van der Waals surface area contributed by atoms with Gasteiger partial charge in [-0.25, -0.2) is 9.50 Å². The van der Waals surface area contributed by atoms with Gasteiger partial charge >= 0.3 is 0 Å². The van der Waals surface area contributed by atoms with E-state index in [4.69, 9.17) is 23.2 Å². The monoisotopic (exact) mass is 339 g/mol. The molecule has 23 heavy (non-hydrogen) atoms. The van der Waals surface area contributed by atoms with Crippen molar-refractivity contribution in [1.29, 1.82) is 0 Å². The van der Waals surface area contributed by atoms with Gasteiger partial charge in [-0.3, -0.25) is 0 Å². The number of fused-ring (bicyclic) bond motifs is 1. The Morgan fingerprint density at radius 3 is 2.57 bits per heavy atom. The van der Waals surface area contributed by atoms with Gasteiger partial charge in [0.05, 0.1) is 11.9 Å². The van der Waals surface area contributed by atoms with E-state index in [1.165, 1.54) is 0 Å². The van der Waals surface area contributed by atoms with Gasteiger partial charge in [-0.15, -0.1) is 0 Å². The first-order valence-corrected chi connectivity index (χ1v) is 7.83. The lowest BCUT2D eigenvalue weighted by Gasteiger charge is -2.07. The molecule has 0 amide bonds. The molecule has 2 heterocycles. The van der Waals surface area contributed by atoms with Gasteiger partial charge in [0.25, 0.3) is 0 Å². The molecule has 0 spiro atoms. The molecule has 0 aliphatic carbocycles. The van der Waals surface area contributed by atoms with Crippen molar-refractivity contribution >= 4 is 28.8 Å². The average molecular weight is 340 g/mol. The number of halogens is 2. The van der Waals surface area contributed by atoms with Crippen LogP contribution in [0.2, 0.25) is 10.0 Å². The van der Waals surface area contributed by atoms with E-state index in [1.807, 2.05) is 54.6 Å². The Morgan fingerprint density at radius 1 is 0.870 bits per heavy atom. The van der Waals surface area contributed by atoms with E-state index in [0.29, 0.717) is 10.0 Å². The molecule has 0 saturated carbocycles. The SMILES string of the molecule is Clc1cccc(-c2cnn3c(-c4ccccc4Cl)ccnc23)c1. The molecule has 0 fully saturated rings. The highest BCUT2D eigenvalue weighted by Crippen LogP contribution is 2.31. The predicted octanol–water partition coefficient (Wildman–Crippen LogP) is 5.37. The molecule has 3 nitrogen and oxygen atoms in total. The van der Waals surface area contributed by atoms with Crippen molar-refractivity contribution in [2.45, 2.75) is 0 Å². The van der Waals surface area contributed by atoms with Crippen LogP contribution >= 0.6 is 23.2 Å². The van der Waals surface area contributed by atoms with E-state index < -0.39 is 0 Å². The lowest BCUT2D eigenvalue weighted by molar-refractivity contribution is 0.948. The summed E-state index contributed by atoms with van der Waals surface area (Å²) in [5.74, 6) is 0. The second-order valence-electron chi connectivity index (χ2n) is 5.11. The lowest BCUT2D eigenvalue weighted by atomic mass is 10.1. The Morgan fingerprint density at radius 2 is 1.74 bits per heavy atom. The summed E-state index contributed by atoms with van der Waals surface area (Å²) in [7, 11) is 0. The Labute approximate surface area is 143 Å². The summed E-state index contributed by atoms with van der Waals surface area (Å²) in [6, 6.07) is 17.3. The van der Waals surface area contributed by atoms with Crippen LogP contribution in [0.15, 0.2) is 67.0 Å². The van der Waals surface area contributed by atoms with Gasteiger partial charge in [0.1, 0.15) is 0 Å². The third kappa shape index (κ3) is 2.48. The smallest absolute Gasteiger partial charge is 0.163 e. The average Bonchev–Trinajstić information content (AvgIpc) is 2.99. The normalized spacial score (nSPS) is 11.0. The highest BCUT2D eigenvalue weighted by molar-refractivity contribution is 6.33. The summed E-state index contributed by atoms with van der Waals surface area (Å²) in [5.41, 5.74) is 4.50. The summed E-state index contributed by atoms with van der Waals surface area (Å²) in [4.78, 5) is 4.48. The standard InChI is InChI=1S/C18H11Cl2N3/c19-13-5-3-4-12(10-13)15-11-22-23-17(8-9-21-18(15)23)14-6-1-2-7-16(14)20/h1-11H. The number of hydrogen-bond acceptors (Lipinski definition) is 2. The first-order chi connectivity index (χ1) is 11.2. The van der Waals surface area contributed by atoms with E-state index in [9.17, 15) is 0 Å². The second kappa shape index (κ2) is 5.69. The quantitative estimate of drug-likeness (QED) is 0.491. The van der Waals surface area contributed by atoms with Crippen molar-refractivity contribution in [1.82, 2.24) is 14.6 Å². The zero-order chi connectivity index (χ0) is 15.8. The summed E-state index contributed by atoms with van der Waals surface area (Å²) < 4.78 is 1.80. The molecule has 4 rings (SSSR count). The van der Waals surface area contributed by atoms with E-state index in [1.54, 1.807) is 16.9 Å². The molecule has 0 aliphatic heterocycles. The van der Waals surface area contributed by atoms with Crippen molar-refractivity contribution in [3.8, 4) is 22.4 Å². The van der Waals surface area contributed by atoms with Crippen LogP contribution in [0.4, 0.5) is 0 Å². The van der Waals surface area contributed by atoms with Crippen LogP contribution in [0.25, 0.3) is 28.0 Å². The summed E-state index contributed by atoms with van der Waals surface area (Å²) in [6.45, 7) is 0. The summed E-state index contributed by atoms with van der Waals surface area (Å²) in [6.07, 6.45) is 3.57. The minimum absolute atomic E-state index is 0.680. The number of nitrogens with zero attached hydrogens (tertiary/aromatic N) is 3. The van der Waals surface area contributed by atoms with E-state index in [0.717, 1.165) is 28.0 Å².